The molecule has 0 spiro atoms. The summed E-state index contributed by atoms with van der Waals surface area (Å²) in [6, 6.07) is 21.1. The molecule has 0 amide bonds. The van der Waals surface area contributed by atoms with E-state index in [9.17, 15) is 0 Å². The number of para-hydroxylation sites is 1. The fraction of sp³-hybridized carbons (Fsp3) is 0.167. The lowest BCUT2D eigenvalue weighted by Gasteiger charge is -2.25. The third-order valence-electron chi connectivity index (χ3n) is 3.52. The van der Waals surface area contributed by atoms with Gasteiger partial charge in [0.25, 0.3) is 0 Å². The lowest BCUT2D eigenvalue weighted by Crippen LogP contribution is -2.26. The molecule has 0 fully saturated rings. The second-order valence-electron chi connectivity index (χ2n) is 5.04. The van der Waals surface area contributed by atoms with Gasteiger partial charge in [0.15, 0.2) is 0 Å². The first kappa shape index (κ1) is 13.4. The van der Waals surface area contributed by atoms with Crippen LogP contribution in [-0.4, -0.2) is 16.1 Å². The van der Waals surface area contributed by atoms with Crippen molar-refractivity contribution in [2.24, 2.45) is 0 Å². The van der Waals surface area contributed by atoms with Crippen molar-refractivity contribution in [3.8, 4) is 0 Å². The lowest BCUT2D eigenvalue weighted by molar-refractivity contribution is 0.654. The predicted molar refractivity (Wildman–Crippen MR) is 86.2 cm³/mol. The van der Waals surface area contributed by atoms with Gasteiger partial charge in [-0.2, -0.15) is 0 Å². The van der Waals surface area contributed by atoms with E-state index < -0.39 is 0 Å². The van der Waals surface area contributed by atoms with Gasteiger partial charge in [0.2, 0.25) is 0 Å². The minimum Gasteiger partial charge on any atom is -0.365 e. The number of aromatic nitrogens is 2. The summed E-state index contributed by atoms with van der Waals surface area (Å²) in [6.07, 6.45) is 5.70. The van der Waals surface area contributed by atoms with E-state index in [2.05, 4.69) is 75.1 Å². The number of hydrogen-bond donors (Lipinski definition) is 0. The van der Waals surface area contributed by atoms with Crippen molar-refractivity contribution in [3.05, 3.63) is 84.9 Å². The van der Waals surface area contributed by atoms with Crippen LogP contribution in [0.4, 0.5) is 5.69 Å². The van der Waals surface area contributed by atoms with Crippen molar-refractivity contribution in [1.29, 1.82) is 0 Å². The molecule has 0 aliphatic heterocycles. The summed E-state index contributed by atoms with van der Waals surface area (Å²) in [5.74, 6) is 0. The maximum atomic E-state index is 4.10. The molecule has 3 aromatic rings. The topological polar surface area (TPSA) is 21.1 Å². The molecule has 0 radical (unpaired) electrons. The molecule has 0 aliphatic rings. The molecule has 0 atom stereocenters. The standard InChI is InChI=1S/C18H19N3/c1-3-7-17(8-4-1)15-21(18-9-5-2-6-10-18)14-13-20-12-11-19-16-20/h1-12,16H,13-15H2. The van der Waals surface area contributed by atoms with Gasteiger partial charge in [-0.15, -0.1) is 0 Å². The number of hydrogen-bond acceptors (Lipinski definition) is 2. The van der Waals surface area contributed by atoms with Gasteiger partial charge in [0.1, 0.15) is 0 Å². The van der Waals surface area contributed by atoms with E-state index in [0.717, 1.165) is 19.6 Å². The summed E-state index contributed by atoms with van der Waals surface area (Å²) in [7, 11) is 0. The molecule has 3 nitrogen and oxygen atoms in total. The van der Waals surface area contributed by atoms with Crippen LogP contribution in [0.15, 0.2) is 79.4 Å². The number of benzene rings is 2. The second kappa shape index (κ2) is 6.75. The Labute approximate surface area is 125 Å². The van der Waals surface area contributed by atoms with Gasteiger partial charge in [0, 0.05) is 37.7 Å². The van der Waals surface area contributed by atoms with Gasteiger partial charge < -0.3 is 9.47 Å². The molecule has 0 aliphatic carbocycles. The maximum Gasteiger partial charge on any atom is 0.0946 e. The molecule has 0 bridgehead atoms. The van der Waals surface area contributed by atoms with Crippen molar-refractivity contribution in [1.82, 2.24) is 9.55 Å². The SMILES string of the molecule is c1ccc(CN(CCn2ccnc2)c2ccccc2)cc1. The molecule has 0 saturated heterocycles. The van der Waals surface area contributed by atoms with Crippen LogP contribution in [-0.2, 0) is 13.1 Å². The van der Waals surface area contributed by atoms with Gasteiger partial charge in [-0.1, -0.05) is 48.5 Å². The molecular weight excluding hydrogens is 258 g/mol. The molecule has 3 heteroatoms. The fourth-order valence-electron chi connectivity index (χ4n) is 2.40. The zero-order valence-electron chi connectivity index (χ0n) is 12.0. The third-order valence-corrected chi connectivity index (χ3v) is 3.52. The number of nitrogens with zero attached hydrogens (tertiary/aromatic N) is 3. The number of rotatable bonds is 6. The molecule has 106 valence electrons. The van der Waals surface area contributed by atoms with Crippen molar-refractivity contribution in [2.45, 2.75) is 13.1 Å². The van der Waals surface area contributed by atoms with E-state index in [-0.39, 0.29) is 0 Å². The van der Waals surface area contributed by atoms with Gasteiger partial charge in [-0.3, -0.25) is 0 Å². The molecule has 0 unspecified atom stereocenters. The monoisotopic (exact) mass is 277 g/mol. The smallest absolute Gasteiger partial charge is 0.0946 e. The van der Waals surface area contributed by atoms with Crippen LogP contribution in [0.25, 0.3) is 0 Å². The highest BCUT2D eigenvalue weighted by molar-refractivity contribution is 5.46. The molecule has 0 N–H and O–H groups in total. The first-order chi connectivity index (χ1) is 10.4. The van der Waals surface area contributed by atoms with Crippen molar-refractivity contribution < 1.29 is 0 Å². The summed E-state index contributed by atoms with van der Waals surface area (Å²) >= 11 is 0. The molecule has 3 rings (SSSR count). The summed E-state index contributed by atoms with van der Waals surface area (Å²) in [6.45, 7) is 2.80. The minimum absolute atomic E-state index is 0.916. The summed E-state index contributed by atoms with van der Waals surface area (Å²) in [5, 5.41) is 0. The van der Waals surface area contributed by atoms with Crippen molar-refractivity contribution >= 4 is 5.69 Å². The van der Waals surface area contributed by atoms with Crippen molar-refractivity contribution in [2.75, 3.05) is 11.4 Å². The second-order valence-corrected chi connectivity index (χ2v) is 5.04. The van der Waals surface area contributed by atoms with Crippen LogP contribution in [0.3, 0.4) is 0 Å². The van der Waals surface area contributed by atoms with Crippen LogP contribution in [0.5, 0.6) is 0 Å². The average Bonchev–Trinajstić information content (AvgIpc) is 3.07. The fourth-order valence-corrected chi connectivity index (χ4v) is 2.40. The molecule has 2 aromatic carbocycles. The van der Waals surface area contributed by atoms with Gasteiger partial charge in [-0.25, -0.2) is 4.98 Å². The van der Waals surface area contributed by atoms with Gasteiger partial charge >= 0.3 is 0 Å². The largest absolute Gasteiger partial charge is 0.365 e. The first-order valence-corrected chi connectivity index (χ1v) is 7.21. The van der Waals surface area contributed by atoms with E-state index in [4.69, 9.17) is 0 Å². The Kier molecular flexibility index (Phi) is 4.32. The van der Waals surface area contributed by atoms with Crippen molar-refractivity contribution in [3.63, 3.8) is 0 Å². The molecule has 1 aromatic heterocycles. The van der Waals surface area contributed by atoms with Gasteiger partial charge in [0.05, 0.1) is 6.33 Å². The van der Waals surface area contributed by atoms with E-state index in [1.165, 1.54) is 11.3 Å². The van der Waals surface area contributed by atoms with E-state index >= 15 is 0 Å². The average molecular weight is 277 g/mol. The van der Waals surface area contributed by atoms with Crippen LogP contribution in [0.2, 0.25) is 0 Å². The quantitative estimate of drug-likeness (QED) is 0.686. The Morgan fingerprint density at radius 1 is 0.905 bits per heavy atom. The normalized spacial score (nSPS) is 10.5. The van der Waals surface area contributed by atoms with Crippen LogP contribution in [0.1, 0.15) is 5.56 Å². The Morgan fingerprint density at radius 2 is 1.62 bits per heavy atom. The Morgan fingerprint density at radius 3 is 2.29 bits per heavy atom. The van der Waals surface area contributed by atoms with Crippen LogP contribution < -0.4 is 4.90 Å². The third kappa shape index (κ3) is 3.72. The predicted octanol–water partition coefficient (Wildman–Crippen LogP) is 3.59. The zero-order valence-corrected chi connectivity index (χ0v) is 12.0. The number of anilines is 1. The first-order valence-electron chi connectivity index (χ1n) is 7.21. The van der Waals surface area contributed by atoms with E-state index in [0.29, 0.717) is 0 Å². The molecule has 21 heavy (non-hydrogen) atoms. The van der Waals surface area contributed by atoms with E-state index in [1.54, 1.807) is 0 Å². The summed E-state index contributed by atoms with van der Waals surface area (Å²) < 4.78 is 2.11. The maximum absolute atomic E-state index is 4.10. The highest BCUT2D eigenvalue weighted by Crippen LogP contribution is 2.16. The van der Waals surface area contributed by atoms with Crippen LogP contribution >= 0.6 is 0 Å². The Hall–Kier alpha value is -2.55. The lowest BCUT2D eigenvalue weighted by atomic mass is 10.2. The minimum atomic E-state index is 0.916. The molecule has 1 heterocycles. The number of imidazole rings is 1. The Balaban J connectivity index is 1.74. The Bertz CT molecular complexity index is 633. The molecule has 0 saturated carbocycles. The zero-order chi connectivity index (χ0) is 14.3. The van der Waals surface area contributed by atoms with Gasteiger partial charge in [-0.05, 0) is 17.7 Å². The highest BCUT2D eigenvalue weighted by atomic mass is 15.2. The molecular formula is C18H19N3. The summed E-state index contributed by atoms with van der Waals surface area (Å²) in [4.78, 5) is 6.50. The summed E-state index contributed by atoms with van der Waals surface area (Å²) in [5.41, 5.74) is 2.58. The van der Waals surface area contributed by atoms with E-state index in [1.807, 2.05) is 18.7 Å². The van der Waals surface area contributed by atoms with Crippen LogP contribution in [0, 0.1) is 0 Å². The highest BCUT2D eigenvalue weighted by Gasteiger charge is 2.07.